The molecule has 0 aliphatic carbocycles. The lowest BCUT2D eigenvalue weighted by molar-refractivity contribution is -0.122. The molecule has 1 N–H and O–H groups in total. The fourth-order valence-corrected chi connectivity index (χ4v) is 4.56. The van der Waals surface area contributed by atoms with Gasteiger partial charge in [0, 0.05) is 5.02 Å². The second-order valence-electron chi connectivity index (χ2n) is 8.41. The highest BCUT2D eigenvalue weighted by Crippen LogP contribution is 2.38. The number of carbonyl (C=O) groups is 3. The maximum absolute atomic E-state index is 13.2. The molecule has 7 nitrogen and oxygen atoms in total. The van der Waals surface area contributed by atoms with Crippen LogP contribution in [-0.4, -0.2) is 24.5 Å². The molecular formula is C28H24BrClN2O5. The van der Waals surface area contributed by atoms with E-state index >= 15 is 0 Å². The van der Waals surface area contributed by atoms with Gasteiger partial charge in [0.2, 0.25) is 0 Å². The quantitative estimate of drug-likeness (QED) is 0.258. The van der Waals surface area contributed by atoms with Gasteiger partial charge < -0.3 is 9.47 Å². The van der Waals surface area contributed by atoms with Crippen molar-refractivity contribution in [3.63, 3.8) is 0 Å². The van der Waals surface area contributed by atoms with Gasteiger partial charge in [0.1, 0.15) is 12.2 Å². The lowest BCUT2D eigenvalue weighted by Gasteiger charge is -2.26. The van der Waals surface area contributed by atoms with Crippen molar-refractivity contribution in [2.24, 2.45) is 0 Å². The van der Waals surface area contributed by atoms with Crippen LogP contribution in [0.5, 0.6) is 11.5 Å². The third kappa shape index (κ3) is 5.87. The van der Waals surface area contributed by atoms with Crippen LogP contribution in [0.15, 0.2) is 64.6 Å². The first-order valence-corrected chi connectivity index (χ1v) is 12.7. The Morgan fingerprint density at radius 3 is 2.49 bits per heavy atom. The Morgan fingerprint density at radius 2 is 1.78 bits per heavy atom. The lowest BCUT2D eigenvalue weighted by Crippen LogP contribution is -2.54. The fraction of sp³-hybridized carbons (Fsp3) is 0.179. The highest BCUT2D eigenvalue weighted by atomic mass is 79.9. The summed E-state index contributed by atoms with van der Waals surface area (Å²) in [7, 11) is 0. The van der Waals surface area contributed by atoms with Gasteiger partial charge >= 0.3 is 6.03 Å². The van der Waals surface area contributed by atoms with E-state index < -0.39 is 17.8 Å². The van der Waals surface area contributed by atoms with E-state index in [9.17, 15) is 14.4 Å². The molecule has 0 radical (unpaired) electrons. The Hall–Kier alpha value is -3.62. The summed E-state index contributed by atoms with van der Waals surface area (Å²) in [5.41, 5.74) is 3.94. The van der Waals surface area contributed by atoms with E-state index in [4.69, 9.17) is 21.1 Å². The molecule has 0 atom stereocenters. The number of imide groups is 2. The standard InChI is InChI=1S/C28H24BrClN2O5/c1-4-36-24-13-19(12-23(29)25(24)37-15-18-9-8-16(2)17(3)10-18)11-22-26(33)31-28(35)32(27(22)34)21-7-5-6-20(30)14-21/h5-14H,4,15H2,1-3H3,(H,31,33,35)/b22-11+. The SMILES string of the molecule is CCOc1cc(/C=C2\C(=O)NC(=O)N(c3cccc(Cl)c3)C2=O)cc(Br)c1OCc1ccc(C)c(C)c1. The van der Waals surface area contributed by atoms with Crippen molar-refractivity contribution in [1.82, 2.24) is 5.32 Å². The third-order valence-corrected chi connectivity index (χ3v) is 6.59. The highest BCUT2D eigenvalue weighted by molar-refractivity contribution is 9.10. The summed E-state index contributed by atoms with van der Waals surface area (Å²) in [6, 6.07) is 14.9. The number of nitrogens with zero attached hydrogens (tertiary/aromatic N) is 1. The molecule has 4 amide bonds. The molecule has 1 aliphatic heterocycles. The van der Waals surface area contributed by atoms with Gasteiger partial charge in [-0.15, -0.1) is 0 Å². The van der Waals surface area contributed by atoms with Crippen LogP contribution in [-0.2, 0) is 16.2 Å². The molecule has 1 heterocycles. The van der Waals surface area contributed by atoms with E-state index in [-0.39, 0.29) is 11.3 Å². The predicted molar refractivity (Wildman–Crippen MR) is 146 cm³/mol. The zero-order chi connectivity index (χ0) is 26.7. The van der Waals surface area contributed by atoms with Crippen LogP contribution in [0.4, 0.5) is 10.5 Å². The molecule has 4 rings (SSSR count). The minimum Gasteiger partial charge on any atom is -0.490 e. The summed E-state index contributed by atoms with van der Waals surface area (Å²) < 4.78 is 12.5. The van der Waals surface area contributed by atoms with E-state index in [1.165, 1.54) is 23.3 Å². The number of anilines is 1. The number of benzene rings is 3. The van der Waals surface area contributed by atoms with Gasteiger partial charge in [0.25, 0.3) is 11.8 Å². The predicted octanol–water partition coefficient (Wildman–Crippen LogP) is 6.36. The summed E-state index contributed by atoms with van der Waals surface area (Å²) in [6.07, 6.45) is 1.40. The highest BCUT2D eigenvalue weighted by Gasteiger charge is 2.37. The maximum atomic E-state index is 13.2. The van der Waals surface area contributed by atoms with Crippen LogP contribution >= 0.6 is 27.5 Å². The maximum Gasteiger partial charge on any atom is 0.335 e. The summed E-state index contributed by atoms with van der Waals surface area (Å²) in [5, 5.41) is 2.56. The number of amides is 4. The van der Waals surface area contributed by atoms with Crippen molar-refractivity contribution in [1.29, 1.82) is 0 Å². The third-order valence-electron chi connectivity index (χ3n) is 5.77. The van der Waals surface area contributed by atoms with Gasteiger partial charge in [0.05, 0.1) is 16.8 Å². The molecule has 1 fully saturated rings. The van der Waals surface area contributed by atoms with Crippen molar-refractivity contribution < 1.29 is 23.9 Å². The van der Waals surface area contributed by atoms with Gasteiger partial charge in [0.15, 0.2) is 11.5 Å². The molecule has 3 aromatic carbocycles. The number of barbiturate groups is 1. The van der Waals surface area contributed by atoms with Crippen LogP contribution in [0.25, 0.3) is 6.08 Å². The van der Waals surface area contributed by atoms with Crippen LogP contribution in [0.2, 0.25) is 5.02 Å². The normalized spacial score (nSPS) is 14.7. The molecule has 0 bridgehead atoms. The zero-order valence-electron chi connectivity index (χ0n) is 20.4. The molecule has 0 spiro atoms. The van der Waals surface area contributed by atoms with E-state index in [0.717, 1.165) is 10.5 Å². The molecule has 190 valence electrons. The average molecular weight is 584 g/mol. The molecule has 0 aromatic heterocycles. The Labute approximate surface area is 228 Å². The van der Waals surface area contributed by atoms with Crippen LogP contribution < -0.4 is 19.7 Å². The summed E-state index contributed by atoms with van der Waals surface area (Å²) in [6.45, 7) is 6.66. The van der Waals surface area contributed by atoms with Gasteiger partial charge in [-0.05, 0) is 95.4 Å². The van der Waals surface area contributed by atoms with Crippen LogP contribution in [0.1, 0.15) is 29.2 Å². The van der Waals surface area contributed by atoms with Crippen molar-refractivity contribution >= 4 is 57.1 Å². The number of ether oxygens (including phenoxy) is 2. The summed E-state index contributed by atoms with van der Waals surface area (Å²) >= 11 is 9.56. The molecule has 0 unspecified atom stereocenters. The van der Waals surface area contributed by atoms with E-state index in [2.05, 4.69) is 34.2 Å². The van der Waals surface area contributed by atoms with E-state index in [1.807, 2.05) is 26.0 Å². The number of nitrogens with one attached hydrogen (secondary N) is 1. The fourth-order valence-electron chi connectivity index (χ4n) is 3.80. The minimum atomic E-state index is -0.847. The number of urea groups is 1. The molecule has 1 saturated heterocycles. The topological polar surface area (TPSA) is 84.9 Å². The molecule has 9 heteroatoms. The number of rotatable bonds is 7. The Bertz CT molecular complexity index is 1440. The van der Waals surface area contributed by atoms with Gasteiger partial charge in [-0.1, -0.05) is 35.9 Å². The Balaban J connectivity index is 1.66. The van der Waals surface area contributed by atoms with E-state index in [0.29, 0.717) is 39.8 Å². The Kier molecular flexibility index (Phi) is 8.00. The number of hydrogen-bond acceptors (Lipinski definition) is 5. The monoisotopic (exact) mass is 582 g/mol. The van der Waals surface area contributed by atoms with Crippen molar-refractivity contribution in [2.45, 2.75) is 27.4 Å². The lowest BCUT2D eigenvalue weighted by atomic mass is 10.1. The Morgan fingerprint density at radius 1 is 1.00 bits per heavy atom. The van der Waals surface area contributed by atoms with Crippen molar-refractivity contribution in [2.75, 3.05) is 11.5 Å². The average Bonchev–Trinajstić information content (AvgIpc) is 2.83. The minimum absolute atomic E-state index is 0.210. The zero-order valence-corrected chi connectivity index (χ0v) is 22.8. The number of hydrogen-bond donors (Lipinski definition) is 1. The molecule has 0 saturated carbocycles. The molecule has 3 aromatic rings. The number of carbonyl (C=O) groups excluding carboxylic acids is 3. The van der Waals surface area contributed by atoms with E-state index in [1.54, 1.807) is 30.3 Å². The first-order chi connectivity index (χ1) is 17.7. The van der Waals surface area contributed by atoms with Gasteiger partial charge in [-0.2, -0.15) is 0 Å². The second-order valence-corrected chi connectivity index (χ2v) is 9.70. The smallest absolute Gasteiger partial charge is 0.335 e. The van der Waals surface area contributed by atoms with Crippen molar-refractivity contribution in [3.05, 3.63) is 91.9 Å². The first-order valence-electron chi connectivity index (χ1n) is 11.5. The largest absolute Gasteiger partial charge is 0.490 e. The second kappa shape index (κ2) is 11.2. The first kappa shape index (κ1) is 26.4. The van der Waals surface area contributed by atoms with Crippen molar-refractivity contribution in [3.8, 4) is 11.5 Å². The van der Waals surface area contributed by atoms with Crippen LogP contribution in [0.3, 0.4) is 0 Å². The molecule has 1 aliphatic rings. The van der Waals surface area contributed by atoms with Gasteiger partial charge in [-0.25, -0.2) is 9.69 Å². The summed E-state index contributed by atoms with van der Waals surface area (Å²) in [4.78, 5) is 39.1. The van der Waals surface area contributed by atoms with Crippen LogP contribution in [0, 0.1) is 13.8 Å². The number of aryl methyl sites for hydroxylation is 2. The molecule has 37 heavy (non-hydrogen) atoms. The van der Waals surface area contributed by atoms with Gasteiger partial charge in [-0.3, -0.25) is 14.9 Å². The molecular weight excluding hydrogens is 560 g/mol. The number of halogens is 2. The summed E-state index contributed by atoms with van der Waals surface area (Å²) in [5.74, 6) is -0.617.